The van der Waals surface area contributed by atoms with Gasteiger partial charge in [-0.15, -0.1) is 0 Å². The molecule has 0 aliphatic heterocycles. The molecule has 0 atom stereocenters. The number of hydrogen-bond acceptors (Lipinski definition) is 4. The molecule has 0 aliphatic carbocycles. The predicted molar refractivity (Wildman–Crippen MR) is 112 cm³/mol. The summed E-state index contributed by atoms with van der Waals surface area (Å²) in [6.07, 6.45) is 1.28. The van der Waals surface area contributed by atoms with Gasteiger partial charge in [-0.05, 0) is 48.9 Å². The number of rotatable bonds is 9. The maximum absolute atomic E-state index is 12.2. The van der Waals surface area contributed by atoms with Gasteiger partial charge in [-0.3, -0.25) is 14.4 Å². The molecule has 0 bridgehead atoms. The number of nitrogens with one attached hydrogen (secondary N) is 4. The zero-order valence-electron chi connectivity index (χ0n) is 16.2. The van der Waals surface area contributed by atoms with Crippen molar-refractivity contribution in [1.29, 1.82) is 0 Å². The first kappa shape index (κ1) is 21.0. The highest BCUT2D eigenvalue weighted by Gasteiger charge is 2.07. The molecule has 2 rings (SSSR count). The molecule has 148 valence electrons. The second kappa shape index (κ2) is 10.7. The average Bonchev–Trinajstić information content (AvgIpc) is 2.71. The lowest BCUT2D eigenvalue weighted by Gasteiger charge is -2.10. The minimum atomic E-state index is -0.227. The Morgan fingerprint density at radius 1 is 0.821 bits per heavy atom. The molecule has 4 N–H and O–H groups in total. The molecule has 0 heterocycles. The van der Waals surface area contributed by atoms with Gasteiger partial charge in [0, 0.05) is 35.6 Å². The van der Waals surface area contributed by atoms with Crippen molar-refractivity contribution in [1.82, 2.24) is 5.32 Å². The van der Waals surface area contributed by atoms with E-state index in [1.807, 2.05) is 6.92 Å². The molecule has 0 spiro atoms. The van der Waals surface area contributed by atoms with E-state index in [1.165, 1.54) is 0 Å². The molecule has 2 aromatic carbocycles. The van der Waals surface area contributed by atoms with Gasteiger partial charge in [0.25, 0.3) is 5.91 Å². The van der Waals surface area contributed by atoms with Gasteiger partial charge in [0.2, 0.25) is 11.8 Å². The van der Waals surface area contributed by atoms with E-state index in [2.05, 4.69) is 21.3 Å². The summed E-state index contributed by atoms with van der Waals surface area (Å²) >= 11 is 0. The highest BCUT2D eigenvalue weighted by Crippen LogP contribution is 2.14. The Hall–Kier alpha value is -3.35. The molecular weight excluding hydrogens is 356 g/mol. The van der Waals surface area contributed by atoms with Gasteiger partial charge >= 0.3 is 0 Å². The standard InChI is InChI=1S/C21H26N4O3/c1-3-12-22-21(28)15-6-5-7-18(13-15)25-20(27)14-23-16-8-10-17(11-9-16)24-19(26)4-2/h5-11,13,23H,3-4,12,14H2,1-2H3,(H,22,28)(H,24,26)(H,25,27). The maximum atomic E-state index is 12.2. The van der Waals surface area contributed by atoms with Crippen molar-refractivity contribution in [3.05, 3.63) is 54.1 Å². The van der Waals surface area contributed by atoms with Crippen LogP contribution < -0.4 is 21.3 Å². The SMILES string of the molecule is CCCNC(=O)c1cccc(NC(=O)CNc2ccc(NC(=O)CC)cc2)c1. The Morgan fingerprint density at radius 2 is 1.50 bits per heavy atom. The Balaban J connectivity index is 1.85. The highest BCUT2D eigenvalue weighted by molar-refractivity contribution is 5.98. The van der Waals surface area contributed by atoms with Crippen molar-refractivity contribution >= 4 is 34.8 Å². The van der Waals surface area contributed by atoms with Crippen molar-refractivity contribution in [2.24, 2.45) is 0 Å². The van der Waals surface area contributed by atoms with Crippen LogP contribution in [0.4, 0.5) is 17.1 Å². The third-order valence-electron chi connectivity index (χ3n) is 3.89. The van der Waals surface area contributed by atoms with Crippen LogP contribution in [0, 0.1) is 0 Å². The lowest BCUT2D eigenvalue weighted by Crippen LogP contribution is -2.24. The second-order valence-corrected chi connectivity index (χ2v) is 6.22. The number of carbonyl (C=O) groups excluding carboxylic acids is 3. The monoisotopic (exact) mass is 382 g/mol. The van der Waals surface area contributed by atoms with Gasteiger partial charge in [-0.1, -0.05) is 19.9 Å². The van der Waals surface area contributed by atoms with Crippen LogP contribution in [0.2, 0.25) is 0 Å². The summed E-state index contributed by atoms with van der Waals surface area (Å²) in [4.78, 5) is 35.5. The van der Waals surface area contributed by atoms with E-state index in [-0.39, 0.29) is 24.3 Å². The molecule has 28 heavy (non-hydrogen) atoms. The number of anilines is 3. The molecule has 7 nitrogen and oxygen atoms in total. The van der Waals surface area contributed by atoms with E-state index >= 15 is 0 Å². The van der Waals surface area contributed by atoms with Crippen LogP contribution in [-0.2, 0) is 9.59 Å². The first-order valence-corrected chi connectivity index (χ1v) is 9.33. The van der Waals surface area contributed by atoms with E-state index < -0.39 is 0 Å². The van der Waals surface area contributed by atoms with E-state index in [0.29, 0.717) is 29.9 Å². The fourth-order valence-electron chi connectivity index (χ4n) is 2.39. The van der Waals surface area contributed by atoms with Crippen molar-refractivity contribution in [3.63, 3.8) is 0 Å². The van der Waals surface area contributed by atoms with Gasteiger partial charge in [0.1, 0.15) is 0 Å². The number of benzene rings is 2. The molecule has 0 saturated heterocycles. The summed E-state index contributed by atoms with van der Waals surface area (Å²) in [5, 5.41) is 11.4. The van der Waals surface area contributed by atoms with Crippen LogP contribution in [0.25, 0.3) is 0 Å². The van der Waals surface area contributed by atoms with Crippen molar-refractivity contribution in [2.45, 2.75) is 26.7 Å². The first-order chi connectivity index (χ1) is 13.5. The zero-order valence-corrected chi connectivity index (χ0v) is 16.2. The molecule has 0 radical (unpaired) electrons. The van der Waals surface area contributed by atoms with Crippen molar-refractivity contribution in [2.75, 3.05) is 29.0 Å². The van der Waals surface area contributed by atoms with E-state index in [9.17, 15) is 14.4 Å². The largest absolute Gasteiger partial charge is 0.376 e. The second-order valence-electron chi connectivity index (χ2n) is 6.22. The Bertz CT molecular complexity index is 819. The van der Waals surface area contributed by atoms with Crippen LogP contribution in [-0.4, -0.2) is 30.8 Å². The van der Waals surface area contributed by atoms with Gasteiger partial charge in [0.15, 0.2) is 0 Å². The molecule has 0 fully saturated rings. The fraction of sp³-hybridized carbons (Fsp3) is 0.286. The van der Waals surface area contributed by atoms with Crippen LogP contribution in [0.15, 0.2) is 48.5 Å². The minimum absolute atomic E-state index is 0.0503. The Labute approximate surface area is 164 Å². The van der Waals surface area contributed by atoms with Crippen molar-refractivity contribution < 1.29 is 14.4 Å². The lowest BCUT2D eigenvalue weighted by atomic mass is 10.2. The summed E-state index contributed by atoms with van der Waals surface area (Å²) in [6, 6.07) is 13.9. The molecule has 0 saturated carbocycles. The molecule has 2 aromatic rings. The molecular formula is C21H26N4O3. The van der Waals surface area contributed by atoms with E-state index in [4.69, 9.17) is 0 Å². The highest BCUT2D eigenvalue weighted by atomic mass is 16.2. The maximum Gasteiger partial charge on any atom is 0.251 e. The molecule has 0 aromatic heterocycles. The molecule has 0 unspecified atom stereocenters. The van der Waals surface area contributed by atoms with E-state index in [1.54, 1.807) is 55.5 Å². The van der Waals surface area contributed by atoms with Gasteiger partial charge in [0.05, 0.1) is 6.54 Å². The summed E-state index contributed by atoms with van der Waals surface area (Å²) in [5.74, 6) is -0.438. The number of carbonyl (C=O) groups is 3. The first-order valence-electron chi connectivity index (χ1n) is 9.33. The zero-order chi connectivity index (χ0) is 20.4. The van der Waals surface area contributed by atoms with Crippen LogP contribution in [0.5, 0.6) is 0 Å². The summed E-state index contributed by atoms with van der Waals surface area (Å²) in [5.41, 5.74) is 2.54. The average molecular weight is 382 g/mol. The van der Waals surface area contributed by atoms with Gasteiger partial charge in [-0.2, -0.15) is 0 Å². The normalized spacial score (nSPS) is 10.1. The summed E-state index contributed by atoms with van der Waals surface area (Å²) < 4.78 is 0. The topological polar surface area (TPSA) is 99.3 Å². The number of amides is 3. The summed E-state index contributed by atoms with van der Waals surface area (Å²) in [6.45, 7) is 4.46. The third-order valence-corrected chi connectivity index (χ3v) is 3.89. The van der Waals surface area contributed by atoms with E-state index in [0.717, 1.165) is 12.1 Å². The van der Waals surface area contributed by atoms with Crippen LogP contribution in [0.3, 0.4) is 0 Å². The quantitative estimate of drug-likeness (QED) is 0.535. The predicted octanol–water partition coefficient (Wildman–Crippen LogP) is 3.23. The molecule has 3 amide bonds. The van der Waals surface area contributed by atoms with Crippen LogP contribution in [0.1, 0.15) is 37.0 Å². The smallest absolute Gasteiger partial charge is 0.251 e. The third kappa shape index (κ3) is 6.75. The van der Waals surface area contributed by atoms with Crippen molar-refractivity contribution in [3.8, 4) is 0 Å². The lowest BCUT2D eigenvalue weighted by molar-refractivity contribution is -0.116. The Morgan fingerprint density at radius 3 is 2.18 bits per heavy atom. The Kier molecular flexibility index (Phi) is 8.02. The summed E-state index contributed by atoms with van der Waals surface area (Å²) in [7, 11) is 0. The van der Waals surface area contributed by atoms with Gasteiger partial charge in [-0.25, -0.2) is 0 Å². The number of hydrogen-bond donors (Lipinski definition) is 4. The minimum Gasteiger partial charge on any atom is -0.376 e. The molecule has 0 aliphatic rings. The molecule has 7 heteroatoms. The van der Waals surface area contributed by atoms with Gasteiger partial charge < -0.3 is 21.3 Å². The fourth-order valence-corrected chi connectivity index (χ4v) is 2.39. The van der Waals surface area contributed by atoms with Crippen LogP contribution >= 0.6 is 0 Å².